The first-order chi connectivity index (χ1) is 7.68. The van der Waals surface area contributed by atoms with Crippen molar-refractivity contribution < 1.29 is 4.79 Å². The molecule has 0 N–H and O–H groups in total. The van der Waals surface area contributed by atoms with Gasteiger partial charge in [0.2, 0.25) is 0 Å². The number of carbonyl (C=O) groups excluding carboxylic acids is 1. The number of hydrogen-bond donors (Lipinski definition) is 0. The van der Waals surface area contributed by atoms with Crippen LogP contribution < -0.4 is 0 Å². The van der Waals surface area contributed by atoms with Gasteiger partial charge in [0, 0.05) is 23.7 Å². The molecule has 0 atom stereocenters. The Morgan fingerprint density at radius 1 is 1.38 bits per heavy atom. The second-order valence-electron chi connectivity index (χ2n) is 4.36. The first kappa shape index (κ1) is 11.5. The molecule has 0 bridgehead atoms. The van der Waals surface area contributed by atoms with E-state index < -0.39 is 0 Å². The molecule has 2 rings (SSSR count). The minimum atomic E-state index is 0.0781. The number of rotatable bonds is 2. The third-order valence-electron chi connectivity index (χ3n) is 3.26. The van der Waals surface area contributed by atoms with Gasteiger partial charge in [0.1, 0.15) is 0 Å². The third-order valence-corrected chi connectivity index (χ3v) is 3.50. The van der Waals surface area contributed by atoms with Gasteiger partial charge in [0.15, 0.2) is 0 Å². The zero-order valence-electron chi connectivity index (χ0n) is 9.45. The SMILES string of the molecule is CN(C(=O)c1cccc(Cl)c1)C1CCCC1. The standard InChI is InChI=1S/C13H16ClNO/c1-15(12-7-2-3-8-12)13(16)10-5-4-6-11(14)9-10/h4-6,9,12H,2-3,7-8H2,1H3. The van der Waals surface area contributed by atoms with Crippen LogP contribution >= 0.6 is 11.6 Å². The number of benzene rings is 1. The van der Waals surface area contributed by atoms with Gasteiger partial charge in [0.05, 0.1) is 0 Å². The quantitative estimate of drug-likeness (QED) is 0.773. The molecule has 0 unspecified atom stereocenters. The average Bonchev–Trinajstić information content (AvgIpc) is 2.80. The fourth-order valence-corrected chi connectivity index (χ4v) is 2.47. The highest BCUT2D eigenvalue weighted by Gasteiger charge is 2.24. The zero-order chi connectivity index (χ0) is 11.5. The van der Waals surface area contributed by atoms with Gasteiger partial charge in [-0.2, -0.15) is 0 Å². The van der Waals surface area contributed by atoms with Crippen molar-refractivity contribution in [2.45, 2.75) is 31.7 Å². The van der Waals surface area contributed by atoms with Crippen LogP contribution in [0, 0.1) is 0 Å². The van der Waals surface area contributed by atoms with Crippen LogP contribution in [-0.4, -0.2) is 23.9 Å². The lowest BCUT2D eigenvalue weighted by Crippen LogP contribution is -2.35. The van der Waals surface area contributed by atoms with E-state index in [9.17, 15) is 4.79 Å². The summed E-state index contributed by atoms with van der Waals surface area (Å²) in [6.07, 6.45) is 4.72. The highest BCUT2D eigenvalue weighted by molar-refractivity contribution is 6.30. The number of carbonyl (C=O) groups is 1. The van der Waals surface area contributed by atoms with Gasteiger partial charge in [-0.3, -0.25) is 4.79 Å². The molecule has 86 valence electrons. The van der Waals surface area contributed by atoms with Crippen molar-refractivity contribution in [3.8, 4) is 0 Å². The Hall–Kier alpha value is -1.02. The first-order valence-corrected chi connectivity index (χ1v) is 6.09. The van der Waals surface area contributed by atoms with Crippen LogP contribution in [0.15, 0.2) is 24.3 Å². The first-order valence-electron chi connectivity index (χ1n) is 5.71. The minimum Gasteiger partial charge on any atom is -0.339 e. The molecule has 0 saturated heterocycles. The highest BCUT2D eigenvalue weighted by Crippen LogP contribution is 2.24. The normalized spacial score (nSPS) is 16.4. The summed E-state index contributed by atoms with van der Waals surface area (Å²) < 4.78 is 0. The highest BCUT2D eigenvalue weighted by atomic mass is 35.5. The van der Waals surface area contributed by atoms with Crippen LogP contribution in [0.1, 0.15) is 36.0 Å². The molecule has 0 heterocycles. The number of amides is 1. The molecule has 1 saturated carbocycles. The lowest BCUT2D eigenvalue weighted by Gasteiger charge is -2.24. The molecule has 0 spiro atoms. The smallest absolute Gasteiger partial charge is 0.253 e. The van der Waals surface area contributed by atoms with Gasteiger partial charge in [-0.15, -0.1) is 0 Å². The fraction of sp³-hybridized carbons (Fsp3) is 0.462. The van der Waals surface area contributed by atoms with E-state index in [-0.39, 0.29) is 5.91 Å². The molecule has 3 heteroatoms. The topological polar surface area (TPSA) is 20.3 Å². The average molecular weight is 238 g/mol. The summed E-state index contributed by atoms with van der Waals surface area (Å²) in [6.45, 7) is 0. The van der Waals surface area contributed by atoms with Gasteiger partial charge in [-0.1, -0.05) is 30.5 Å². The van der Waals surface area contributed by atoms with Crippen molar-refractivity contribution in [1.82, 2.24) is 4.90 Å². The summed E-state index contributed by atoms with van der Waals surface area (Å²) in [7, 11) is 1.89. The predicted molar refractivity (Wildman–Crippen MR) is 65.8 cm³/mol. The molecule has 1 aromatic carbocycles. The van der Waals surface area contributed by atoms with Crippen molar-refractivity contribution in [3.63, 3.8) is 0 Å². The maximum atomic E-state index is 12.2. The van der Waals surface area contributed by atoms with Crippen molar-refractivity contribution >= 4 is 17.5 Å². The molecule has 1 aliphatic rings. The molecular formula is C13H16ClNO. The van der Waals surface area contributed by atoms with Gasteiger partial charge in [0.25, 0.3) is 5.91 Å². The maximum absolute atomic E-state index is 12.2. The van der Waals surface area contributed by atoms with E-state index >= 15 is 0 Å². The van der Waals surface area contributed by atoms with Crippen molar-refractivity contribution in [2.24, 2.45) is 0 Å². The number of nitrogens with zero attached hydrogens (tertiary/aromatic N) is 1. The molecule has 0 aliphatic heterocycles. The molecule has 0 radical (unpaired) electrons. The van der Waals surface area contributed by atoms with Gasteiger partial charge >= 0.3 is 0 Å². The monoisotopic (exact) mass is 237 g/mol. The van der Waals surface area contributed by atoms with Crippen LogP contribution in [0.3, 0.4) is 0 Å². The predicted octanol–water partition coefficient (Wildman–Crippen LogP) is 3.35. The van der Waals surface area contributed by atoms with Crippen molar-refractivity contribution in [3.05, 3.63) is 34.9 Å². The van der Waals surface area contributed by atoms with E-state index in [0.29, 0.717) is 16.6 Å². The summed E-state index contributed by atoms with van der Waals surface area (Å²) in [4.78, 5) is 14.0. The van der Waals surface area contributed by atoms with E-state index in [1.165, 1.54) is 12.8 Å². The zero-order valence-corrected chi connectivity index (χ0v) is 10.2. The number of halogens is 1. The van der Waals surface area contributed by atoms with Crippen LogP contribution in [0.4, 0.5) is 0 Å². The lowest BCUT2D eigenvalue weighted by atomic mass is 10.1. The third kappa shape index (κ3) is 2.38. The molecule has 1 fully saturated rings. The minimum absolute atomic E-state index is 0.0781. The number of hydrogen-bond acceptors (Lipinski definition) is 1. The summed E-state index contributed by atoms with van der Waals surface area (Å²) in [6, 6.07) is 7.56. The summed E-state index contributed by atoms with van der Waals surface area (Å²) >= 11 is 5.88. The molecule has 1 amide bonds. The Labute approximate surface area is 101 Å². The summed E-state index contributed by atoms with van der Waals surface area (Å²) in [5.41, 5.74) is 0.682. The van der Waals surface area contributed by atoms with Crippen LogP contribution in [0.2, 0.25) is 5.02 Å². The van der Waals surface area contributed by atoms with Crippen molar-refractivity contribution in [1.29, 1.82) is 0 Å². The molecule has 16 heavy (non-hydrogen) atoms. The molecular weight excluding hydrogens is 222 g/mol. The van der Waals surface area contributed by atoms with E-state index in [1.807, 2.05) is 24.1 Å². The van der Waals surface area contributed by atoms with Crippen LogP contribution in [0.5, 0.6) is 0 Å². The summed E-state index contributed by atoms with van der Waals surface area (Å²) in [5.74, 6) is 0.0781. The van der Waals surface area contributed by atoms with E-state index in [0.717, 1.165) is 12.8 Å². The second kappa shape index (κ2) is 4.88. The molecule has 1 aromatic rings. The Bertz CT molecular complexity index is 385. The van der Waals surface area contributed by atoms with Gasteiger partial charge < -0.3 is 4.90 Å². The molecule has 2 nitrogen and oxygen atoms in total. The fourth-order valence-electron chi connectivity index (χ4n) is 2.28. The van der Waals surface area contributed by atoms with Crippen molar-refractivity contribution in [2.75, 3.05) is 7.05 Å². The second-order valence-corrected chi connectivity index (χ2v) is 4.80. The van der Waals surface area contributed by atoms with Gasteiger partial charge in [-0.05, 0) is 31.0 Å². The Morgan fingerprint density at radius 3 is 2.69 bits per heavy atom. The Morgan fingerprint density at radius 2 is 2.06 bits per heavy atom. The summed E-state index contributed by atoms with van der Waals surface area (Å²) in [5, 5.41) is 0.616. The van der Waals surface area contributed by atoms with Gasteiger partial charge in [-0.25, -0.2) is 0 Å². The molecule has 1 aliphatic carbocycles. The van der Waals surface area contributed by atoms with E-state index in [1.54, 1.807) is 12.1 Å². The molecule has 0 aromatic heterocycles. The maximum Gasteiger partial charge on any atom is 0.253 e. The lowest BCUT2D eigenvalue weighted by molar-refractivity contribution is 0.0735. The van der Waals surface area contributed by atoms with Crippen LogP contribution in [-0.2, 0) is 0 Å². The van der Waals surface area contributed by atoms with E-state index in [4.69, 9.17) is 11.6 Å². The van der Waals surface area contributed by atoms with Crippen LogP contribution in [0.25, 0.3) is 0 Å². The Kier molecular flexibility index (Phi) is 3.49. The Balaban J connectivity index is 2.12. The largest absolute Gasteiger partial charge is 0.339 e. The van der Waals surface area contributed by atoms with E-state index in [2.05, 4.69) is 0 Å².